The van der Waals surface area contributed by atoms with E-state index in [0.29, 0.717) is 5.69 Å². The first-order valence-electron chi connectivity index (χ1n) is 5.13. The van der Waals surface area contributed by atoms with E-state index in [1.54, 1.807) is 12.3 Å². The SMILES string of the molecule is C[C@H](O)CNC(=O)Cc1csc(NS(C)(=O)=O)n1. The Balaban J connectivity index is 2.51. The van der Waals surface area contributed by atoms with Gasteiger partial charge in [-0.05, 0) is 6.92 Å². The van der Waals surface area contributed by atoms with Crippen molar-refractivity contribution < 1.29 is 18.3 Å². The summed E-state index contributed by atoms with van der Waals surface area (Å²) in [6, 6.07) is 0. The van der Waals surface area contributed by atoms with Crippen LogP contribution in [0.15, 0.2) is 5.38 Å². The number of anilines is 1. The summed E-state index contributed by atoms with van der Waals surface area (Å²) in [5.74, 6) is -0.271. The third kappa shape index (κ3) is 5.94. The molecule has 1 rings (SSSR count). The summed E-state index contributed by atoms with van der Waals surface area (Å²) < 4.78 is 24.1. The van der Waals surface area contributed by atoms with Crippen LogP contribution in [0.25, 0.3) is 0 Å². The van der Waals surface area contributed by atoms with E-state index in [0.717, 1.165) is 17.6 Å². The van der Waals surface area contributed by atoms with Crippen LogP contribution in [-0.2, 0) is 21.2 Å². The number of carbonyl (C=O) groups excluding carboxylic acids is 1. The van der Waals surface area contributed by atoms with Crippen LogP contribution in [0.2, 0.25) is 0 Å². The molecule has 3 N–H and O–H groups in total. The maximum Gasteiger partial charge on any atom is 0.231 e. The molecule has 0 saturated heterocycles. The first-order valence-corrected chi connectivity index (χ1v) is 7.90. The number of carbonyl (C=O) groups is 1. The predicted molar refractivity (Wildman–Crippen MR) is 69.0 cm³/mol. The maximum absolute atomic E-state index is 11.4. The van der Waals surface area contributed by atoms with Crippen LogP contribution >= 0.6 is 11.3 Å². The molecular formula is C9H15N3O4S2. The number of nitrogens with one attached hydrogen (secondary N) is 2. The van der Waals surface area contributed by atoms with E-state index in [1.165, 1.54) is 0 Å². The van der Waals surface area contributed by atoms with Crippen molar-refractivity contribution in [3.8, 4) is 0 Å². The number of hydrogen-bond donors (Lipinski definition) is 3. The quantitative estimate of drug-likeness (QED) is 0.658. The van der Waals surface area contributed by atoms with Gasteiger partial charge in [-0.15, -0.1) is 11.3 Å². The van der Waals surface area contributed by atoms with Crippen LogP contribution < -0.4 is 10.0 Å². The highest BCUT2D eigenvalue weighted by atomic mass is 32.2. The predicted octanol–water partition coefficient (Wildman–Crippen LogP) is -0.446. The number of hydrogen-bond acceptors (Lipinski definition) is 6. The summed E-state index contributed by atoms with van der Waals surface area (Å²) in [7, 11) is -3.35. The zero-order valence-corrected chi connectivity index (χ0v) is 11.6. The second kappa shape index (κ2) is 6.12. The van der Waals surface area contributed by atoms with E-state index in [4.69, 9.17) is 5.11 Å². The first-order chi connectivity index (χ1) is 8.26. The van der Waals surface area contributed by atoms with Crippen LogP contribution in [0.4, 0.5) is 5.13 Å². The van der Waals surface area contributed by atoms with Crippen molar-refractivity contribution in [2.75, 3.05) is 17.5 Å². The van der Waals surface area contributed by atoms with Gasteiger partial charge in [0.1, 0.15) is 0 Å². The fourth-order valence-electron chi connectivity index (χ4n) is 1.08. The van der Waals surface area contributed by atoms with Crippen LogP contribution in [0, 0.1) is 0 Å². The van der Waals surface area contributed by atoms with E-state index in [1.807, 2.05) is 0 Å². The van der Waals surface area contributed by atoms with Crippen LogP contribution in [0.1, 0.15) is 12.6 Å². The fourth-order valence-corrected chi connectivity index (χ4v) is 2.65. The Morgan fingerprint density at radius 1 is 1.61 bits per heavy atom. The van der Waals surface area contributed by atoms with E-state index < -0.39 is 16.1 Å². The highest BCUT2D eigenvalue weighted by molar-refractivity contribution is 7.92. The van der Waals surface area contributed by atoms with Gasteiger partial charge in [-0.2, -0.15) is 0 Å². The molecule has 0 aliphatic carbocycles. The lowest BCUT2D eigenvalue weighted by Gasteiger charge is -2.05. The summed E-state index contributed by atoms with van der Waals surface area (Å²) in [5.41, 5.74) is 0.481. The first kappa shape index (κ1) is 14.9. The molecule has 0 saturated carbocycles. The van der Waals surface area contributed by atoms with Gasteiger partial charge in [0.25, 0.3) is 0 Å². The third-order valence-corrected chi connectivity index (χ3v) is 3.26. The summed E-state index contributed by atoms with van der Waals surface area (Å²) >= 11 is 1.11. The van der Waals surface area contributed by atoms with Gasteiger partial charge in [0, 0.05) is 11.9 Å². The topological polar surface area (TPSA) is 108 Å². The third-order valence-electron chi connectivity index (χ3n) is 1.76. The van der Waals surface area contributed by atoms with Gasteiger partial charge in [-0.1, -0.05) is 0 Å². The lowest BCUT2D eigenvalue weighted by Crippen LogP contribution is -2.31. The number of aliphatic hydroxyl groups excluding tert-OH is 1. The smallest absolute Gasteiger partial charge is 0.231 e. The van der Waals surface area contributed by atoms with Crippen molar-refractivity contribution in [1.82, 2.24) is 10.3 Å². The van der Waals surface area contributed by atoms with Crippen molar-refractivity contribution in [3.05, 3.63) is 11.1 Å². The monoisotopic (exact) mass is 293 g/mol. The summed E-state index contributed by atoms with van der Waals surface area (Å²) in [6.07, 6.45) is 0.477. The molecule has 0 spiro atoms. The Morgan fingerprint density at radius 3 is 2.83 bits per heavy atom. The Hall–Kier alpha value is -1.19. The number of aliphatic hydroxyl groups is 1. The van der Waals surface area contributed by atoms with Gasteiger partial charge >= 0.3 is 0 Å². The van der Waals surface area contributed by atoms with Crippen molar-refractivity contribution in [2.24, 2.45) is 0 Å². The molecule has 0 aliphatic heterocycles. The van der Waals surface area contributed by atoms with Crippen LogP contribution in [0.3, 0.4) is 0 Å². The molecule has 1 atom stereocenters. The second-order valence-electron chi connectivity index (χ2n) is 3.85. The molecular weight excluding hydrogens is 278 g/mol. The molecule has 0 bridgehead atoms. The molecule has 0 aliphatic rings. The Morgan fingerprint density at radius 2 is 2.28 bits per heavy atom. The molecule has 0 radical (unpaired) electrons. The van der Waals surface area contributed by atoms with Gasteiger partial charge in [0.15, 0.2) is 5.13 Å². The molecule has 9 heteroatoms. The van der Waals surface area contributed by atoms with E-state index >= 15 is 0 Å². The fraction of sp³-hybridized carbons (Fsp3) is 0.556. The number of rotatable bonds is 6. The average Bonchev–Trinajstić information content (AvgIpc) is 2.59. The van der Waals surface area contributed by atoms with E-state index in [9.17, 15) is 13.2 Å². The average molecular weight is 293 g/mol. The van der Waals surface area contributed by atoms with Crippen molar-refractivity contribution in [1.29, 1.82) is 0 Å². The van der Waals surface area contributed by atoms with E-state index in [2.05, 4.69) is 15.0 Å². The number of sulfonamides is 1. The second-order valence-corrected chi connectivity index (χ2v) is 6.45. The zero-order valence-electron chi connectivity index (χ0n) is 10.0. The lowest BCUT2D eigenvalue weighted by molar-refractivity contribution is -0.120. The Kier molecular flexibility index (Phi) is 5.05. The Bertz CT molecular complexity index is 510. The number of thiazole rings is 1. The minimum atomic E-state index is -3.35. The van der Waals surface area contributed by atoms with Crippen molar-refractivity contribution in [3.63, 3.8) is 0 Å². The normalized spacial score (nSPS) is 13.1. The van der Waals surface area contributed by atoms with Gasteiger partial charge < -0.3 is 10.4 Å². The largest absolute Gasteiger partial charge is 0.392 e. The highest BCUT2D eigenvalue weighted by Crippen LogP contribution is 2.16. The molecule has 0 aromatic carbocycles. The van der Waals surface area contributed by atoms with E-state index in [-0.39, 0.29) is 24.0 Å². The van der Waals surface area contributed by atoms with Crippen molar-refractivity contribution >= 4 is 32.4 Å². The van der Waals surface area contributed by atoms with Gasteiger partial charge in [0.2, 0.25) is 15.9 Å². The molecule has 1 amide bonds. The number of aromatic nitrogens is 1. The molecule has 1 heterocycles. The molecule has 0 unspecified atom stereocenters. The maximum atomic E-state index is 11.4. The number of amides is 1. The minimum absolute atomic E-state index is 0.0503. The molecule has 7 nitrogen and oxygen atoms in total. The molecule has 0 fully saturated rings. The zero-order chi connectivity index (χ0) is 13.8. The van der Waals surface area contributed by atoms with Crippen LogP contribution in [0.5, 0.6) is 0 Å². The molecule has 1 aromatic rings. The standard InChI is InChI=1S/C9H15N3O4S2/c1-6(13)4-10-8(14)3-7-5-17-9(11-7)12-18(2,15)16/h5-6,13H,3-4H2,1-2H3,(H,10,14)(H,11,12)/t6-/m0/s1. The van der Waals surface area contributed by atoms with Gasteiger partial charge in [-0.25, -0.2) is 13.4 Å². The minimum Gasteiger partial charge on any atom is -0.392 e. The molecule has 1 aromatic heterocycles. The van der Waals surface area contributed by atoms with Crippen LogP contribution in [-0.4, -0.2) is 43.3 Å². The summed E-state index contributed by atoms with van der Waals surface area (Å²) in [4.78, 5) is 15.4. The Labute approximate surface area is 109 Å². The summed E-state index contributed by atoms with van der Waals surface area (Å²) in [6.45, 7) is 1.74. The highest BCUT2D eigenvalue weighted by Gasteiger charge is 2.10. The van der Waals surface area contributed by atoms with Gasteiger partial charge in [-0.3, -0.25) is 9.52 Å². The van der Waals surface area contributed by atoms with Crippen molar-refractivity contribution in [2.45, 2.75) is 19.4 Å². The molecule has 102 valence electrons. The molecule has 18 heavy (non-hydrogen) atoms. The van der Waals surface area contributed by atoms with Gasteiger partial charge in [0.05, 0.1) is 24.5 Å². The lowest BCUT2D eigenvalue weighted by atomic mass is 10.3. The summed E-state index contributed by atoms with van der Waals surface area (Å²) in [5, 5.41) is 13.4. The number of nitrogens with zero attached hydrogens (tertiary/aromatic N) is 1.